The van der Waals surface area contributed by atoms with E-state index in [2.05, 4.69) is 0 Å². The molecule has 0 aromatic heterocycles. The Balaban J connectivity index is 5.90. The van der Waals surface area contributed by atoms with Crippen molar-refractivity contribution >= 4 is 24.3 Å². The second-order valence-electron chi connectivity index (χ2n) is 5.17. The number of ether oxygens (including phenoxy) is 2. The topological polar surface area (TPSA) is 71.1 Å². The highest BCUT2D eigenvalue weighted by molar-refractivity contribution is 7.83. The number of esters is 1. The lowest BCUT2D eigenvalue weighted by Crippen LogP contribution is -2.28. The Morgan fingerprint density at radius 2 is 1.43 bits per heavy atom. The van der Waals surface area contributed by atoms with Crippen LogP contribution in [0.3, 0.4) is 0 Å². The van der Waals surface area contributed by atoms with Crippen molar-refractivity contribution in [3.63, 3.8) is 0 Å². The van der Waals surface area contributed by atoms with Crippen LogP contribution in [-0.4, -0.2) is 42.4 Å². The molecule has 0 aliphatic rings. The average Bonchev–Trinajstić information content (AvgIpc) is 2.35. The van der Waals surface area contributed by atoms with Gasteiger partial charge in [-0.2, -0.15) is 0 Å². The summed E-state index contributed by atoms with van der Waals surface area (Å²) in [6, 6.07) is 0. The molecule has 6 nitrogen and oxygen atoms in total. The van der Waals surface area contributed by atoms with E-state index in [1.807, 2.05) is 0 Å². The van der Waals surface area contributed by atoms with Crippen LogP contribution < -0.4 is 0 Å². The summed E-state index contributed by atoms with van der Waals surface area (Å²) in [5.41, 5.74) is -1.35. The van der Waals surface area contributed by atoms with Gasteiger partial charge < -0.3 is 18.5 Å². The molecule has 0 unspecified atom stereocenters. The fraction of sp³-hybridized carbons (Fsp3) is 0.786. The van der Waals surface area contributed by atoms with Crippen LogP contribution in [0.2, 0.25) is 0 Å². The van der Waals surface area contributed by atoms with E-state index in [4.69, 9.17) is 18.5 Å². The van der Waals surface area contributed by atoms with Gasteiger partial charge in [0.2, 0.25) is 7.34 Å². The summed E-state index contributed by atoms with van der Waals surface area (Å²) in [7, 11) is -3.28. The average molecular weight is 322 g/mol. The first-order valence-corrected chi connectivity index (χ1v) is 8.70. The van der Waals surface area contributed by atoms with Crippen LogP contribution in [0.1, 0.15) is 48.5 Å². The van der Waals surface area contributed by atoms with Crippen LogP contribution >= 0.6 is 7.34 Å². The van der Waals surface area contributed by atoms with Crippen molar-refractivity contribution in [2.75, 3.05) is 19.8 Å². The molecule has 0 bridgehead atoms. The number of carbonyl (C=O) groups is 2. The molecule has 0 spiro atoms. The van der Waals surface area contributed by atoms with E-state index in [1.165, 1.54) is 6.92 Å². The molecule has 21 heavy (non-hydrogen) atoms. The fourth-order valence-corrected chi connectivity index (χ4v) is 3.89. The summed E-state index contributed by atoms with van der Waals surface area (Å²) < 4.78 is 21.5. The van der Waals surface area contributed by atoms with Gasteiger partial charge in [-0.15, -0.1) is 0 Å². The molecule has 7 heteroatoms. The zero-order valence-electron chi connectivity index (χ0n) is 14.0. The van der Waals surface area contributed by atoms with Crippen LogP contribution in [-0.2, 0) is 23.3 Å². The highest BCUT2D eigenvalue weighted by atomic mass is 31.2. The summed E-state index contributed by atoms with van der Waals surface area (Å²) in [6.45, 7) is 12.6. The van der Waals surface area contributed by atoms with E-state index in [1.54, 1.807) is 41.5 Å². The first-order valence-electron chi connectivity index (χ1n) is 7.07. The molecule has 0 aliphatic carbocycles. The molecular formula is C14H27O6P. The lowest BCUT2D eigenvalue weighted by molar-refractivity contribution is -0.134. The molecule has 0 rings (SSSR count). The van der Waals surface area contributed by atoms with Crippen molar-refractivity contribution < 1.29 is 28.1 Å². The summed E-state index contributed by atoms with van der Waals surface area (Å²) >= 11 is 0. The third-order valence-corrected chi connectivity index (χ3v) is 5.15. The number of hydrogen-bond acceptors (Lipinski definition) is 6. The lowest BCUT2D eigenvalue weighted by atomic mass is 10.2. The molecule has 0 atom stereocenters. The van der Waals surface area contributed by atoms with Crippen molar-refractivity contribution in [3.05, 3.63) is 0 Å². The quantitative estimate of drug-likeness (QED) is 0.527. The first kappa shape index (κ1) is 20.2. The zero-order valence-corrected chi connectivity index (χ0v) is 14.9. The monoisotopic (exact) mass is 322 g/mol. The fourth-order valence-electron chi connectivity index (χ4n) is 1.51. The van der Waals surface area contributed by atoms with E-state index in [0.717, 1.165) is 0 Å². The molecule has 124 valence electrons. The number of carbonyl (C=O) groups excluding carboxylic acids is 2. The maximum atomic E-state index is 12.6. The summed E-state index contributed by atoms with van der Waals surface area (Å²) in [5, 5.41) is 0.127. The Morgan fingerprint density at radius 1 is 0.952 bits per heavy atom. The molecule has 0 saturated carbocycles. The first-order chi connectivity index (χ1) is 9.64. The molecule has 0 N–H and O–H groups in total. The predicted molar refractivity (Wildman–Crippen MR) is 83.7 cm³/mol. The lowest BCUT2D eigenvalue weighted by Gasteiger charge is -2.29. The second-order valence-corrected chi connectivity index (χ2v) is 7.83. The Kier molecular flexibility index (Phi) is 8.22. The van der Waals surface area contributed by atoms with Gasteiger partial charge in [0.05, 0.1) is 25.1 Å². The second kappa shape index (κ2) is 8.57. The highest BCUT2D eigenvalue weighted by Gasteiger charge is 2.39. The largest absolute Gasteiger partial charge is 0.462 e. The van der Waals surface area contributed by atoms with Crippen LogP contribution in [0, 0.1) is 0 Å². The molecule has 0 amide bonds. The zero-order chi connectivity index (χ0) is 16.7. The molecule has 0 aromatic rings. The van der Waals surface area contributed by atoms with E-state index < -0.39 is 24.6 Å². The molecule has 0 heterocycles. The minimum absolute atomic E-state index is 0.127. The Labute approximate surface area is 127 Å². The minimum atomic E-state index is -3.28. The maximum Gasteiger partial charge on any atom is 0.379 e. The minimum Gasteiger partial charge on any atom is -0.462 e. The van der Waals surface area contributed by atoms with Gasteiger partial charge in [-0.05, 0) is 48.5 Å². The maximum absolute atomic E-state index is 12.6. The van der Waals surface area contributed by atoms with Gasteiger partial charge in [0.1, 0.15) is 5.60 Å². The van der Waals surface area contributed by atoms with Gasteiger partial charge in [-0.1, -0.05) is 0 Å². The van der Waals surface area contributed by atoms with Gasteiger partial charge >= 0.3 is 11.7 Å². The normalized spacial score (nSPS) is 12.0. The van der Waals surface area contributed by atoms with Gasteiger partial charge in [0.15, 0.2) is 0 Å². The van der Waals surface area contributed by atoms with E-state index in [-0.39, 0.29) is 25.1 Å². The number of hydrogen-bond donors (Lipinski definition) is 0. The third-order valence-electron chi connectivity index (χ3n) is 2.27. The molecule has 0 saturated heterocycles. The molecule has 0 radical (unpaired) electrons. The van der Waals surface area contributed by atoms with Crippen LogP contribution in [0.4, 0.5) is 4.79 Å². The SMILES string of the molecule is CCOC(=O)C(C)=P(OCC)(OCC)C(=O)OC(C)(C)C. The van der Waals surface area contributed by atoms with Crippen molar-refractivity contribution in [2.24, 2.45) is 0 Å². The van der Waals surface area contributed by atoms with Crippen LogP contribution in [0.15, 0.2) is 0 Å². The van der Waals surface area contributed by atoms with E-state index >= 15 is 0 Å². The van der Waals surface area contributed by atoms with E-state index in [0.29, 0.717) is 0 Å². The van der Waals surface area contributed by atoms with Gasteiger partial charge in [0, 0.05) is 0 Å². The van der Waals surface area contributed by atoms with Crippen LogP contribution in [0.25, 0.3) is 0 Å². The number of rotatable bonds is 7. The van der Waals surface area contributed by atoms with Gasteiger partial charge in [-0.25, -0.2) is 9.59 Å². The molecular weight excluding hydrogens is 295 g/mol. The van der Waals surface area contributed by atoms with Gasteiger partial charge in [0.25, 0.3) is 0 Å². The molecule has 0 fully saturated rings. The molecule has 0 aromatic carbocycles. The van der Waals surface area contributed by atoms with Crippen molar-refractivity contribution in [1.82, 2.24) is 0 Å². The smallest absolute Gasteiger partial charge is 0.379 e. The van der Waals surface area contributed by atoms with E-state index in [9.17, 15) is 9.59 Å². The molecule has 0 aliphatic heterocycles. The van der Waals surface area contributed by atoms with Gasteiger partial charge in [-0.3, -0.25) is 0 Å². The Morgan fingerprint density at radius 3 is 1.76 bits per heavy atom. The van der Waals surface area contributed by atoms with Crippen molar-refractivity contribution in [1.29, 1.82) is 0 Å². The summed E-state index contributed by atoms with van der Waals surface area (Å²) in [6.07, 6.45) is 0. The Hall–Kier alpha value is -0.840. The van der Waals surface area contributed by atoms with Crippen molar-refractivity contribution in [2.45, 2.75) is 54.1 Å². The van der Waals surface area contributed by atoms with Crippen LogP contribution in [0.5, 0.6) is 0 Å². The Bertz CT molecular complexity index is 412. The highest BCUT2D eigenvalue weighted by Crippen LogP contribution is 2.54. The third kappa shape index (κ3) is 5.81. The summed E-state index contributed by atoms with van der Waals surface area (Å²) in [4.78, 5) is 24.6. The predicted octanol–water partition coefficient (Wildman–Crippen LogP) is 3.60. The van der Waals surface area contributed by atoms with Crippen molar-refractivity contribution in [3.8, 4) is 0 Å². The standard InChI is InChI=1S/C14H27O6P/c1-8-17-12(15)11(4)21(18-9-2,19-10-3)13(16)20-14(5,6)7/h8-10H2,1-7H3. The summed E-state index contributed by atoms with van der Waals surface area (Å²) in [5.74, 6) is -0.599.